The Bertz CT molecular complexity index is 888. The van der Waals surface area contributed by atoms with E-state index in [0.717, 1.165) is 22.9 Å². The number of nitrogens with zero attached hydrogens (tertiary/aromatic N) is 3. The molecule has 0 fully saturated rings. The zero-order valence-corrected chi connectivity index (χ0v) is 22.7. The lowest BCUT2D eigenvalue weighted by molar-refractivity contribution is 0.0531. The number of likely N-dealkylation sites (N-methyl/N-ethyl adjacent to an activating group) is 1. The number of esters is 1. The van der Waals surface area contributed by atoms with Gasteiger partial charge in [0.2, 0.25) is 0 Å². The molecule has 2 rings (SSSR count). The molecule has 0 aliphatic carbocycles. The molecule has 0 aliphatic rings. The predicted molar refractivity (Wildman–Crippen MR) is 140 cm³/mol. The molecule has 1 atom stereocenters. The fourth-order valence-electron chi connectivity index (χ4n) is 2.76. The van der Waals surface area contributed by atoms with Gasteiger partial charge < -0.3 is 25.0 Å². The number of nitrogens with one attached hydrogen (secondary N) is 2. The van der Waals surface area contributed by atoms with Crippen molar-refractivity contribution in [3.8, 4) is 5.75 Å². The van der Waals surface area contributed by atoms with Gasteiger partial charge in [0.15, 0.2) is 5.96 Å². The van der Waals surface area contributed by atoms with Gasteiger partial charge in [0.05, 0.1) is 18.3 Å². The number of hydrogen-bond acceptors (Lipinski definition) is 7. The number of aromatic nitrogens is 1. The number of thiazole rings is 1. The highest BCUT2D eigenvalue weighted by atomic mass is 127. The van der Waals surface area contributed by atoms with E-state index in [1.807, 2.05) is 52.2 Å². The van der Waals surface area contributed by atoms with Gasteiger partial charge in [-0.05, 0) is 40.9 Å². The summed E-state index contributed by atoms with van der Waals surface area (Å²) >= 11 is 1.34. The van der Waals surface area contributed by atoms with E-state index in [1.165, 1.54) is 11.3 Å². The van der Waals surface area contributed by atoms with Crippen molar-refractivity contribution in [3.05, 3.63) is 45.4 Å². The van der Waals surface area contributed by atoms with E-state index in [2.05, 4.69) is 25.5 Å². The van der Waals surface area contributed by atoms with Gasteiger partial charge in [-0.15, -0.1) is 35.3 Å². The first-order valence-corrected chi connectivity index (χ1v) is 11.1. The van der Waals surface area contributed by atoms with Crippen LogP contribution in [0.15, 0.2) is 29.3 Å². The van der Waals surface area contributed by atoms with Gasteiger partial charge in [-0.3, -0.25) is 4.99 Å². The number of aliphatic imine (C=N–C) groups is 1. The van der Waals surface area contributed by atoms with E-state index in [1.54, 1.807) is 14.0 Å². The molecule has 32 heavy (non-hydrogen) atoms. The molecule has 1 unspecified atom stereocenters. The van der Waals surface area contributed by atoms with Crippen molar-refractivity contribution in [2.45, 2.75) is 33.4 Å². The molecule has 0 aliphatic heterocycles. The second-order valence-electron chi connectivity index (χ2n) is 7.24. The number of benzene rings is 1. The SMILES string of the molecule is CCOC(=O)c1sc(C(C)NC(=NC)NCc2ccccc2OCCN(C)C)nc1C.I. The smallest absolute Gasteiger partial charge is 0.350 e. The summed E-state index contributed by atoms with van der Waals surface area (Å²) in [6.07, 6.45) is 0. The minimum absolute atomic E-state index is 0. The van der Waals surface area contributed by atoms with Crippen LogP contribution in [0.25, 0.3) is 0 Å². The lowest BCUT2D eigenvalue weighted by atomic mass is 10.2. The molecule has 0 radical (unpaired) electrons. The van der Waals surface area contributed by atoms with E-state index in [9.17, 15) is 4.79 Å². The van der Waals surface area contributed by atoms with Crippen molar-refractivity contribution in [3.63, 3.8) is 0 Å². The second kappa shape index (κ2) is 14.3. The van der Waals surface area contributed by atoms with Crippen molar-refractivity contribution in [2.75, 3.05) is 40.9 Å². The topological polar surface area (TPSA) is 88.1 Å². The largest absolute Gasteiger partial charge is 0.492 e. The van der Waals surface area contributed by atoms with Crippen LogP contribution in [0, 0.1) is 6.92 Å². The summed E-state index contributed by atoms with van der Waals surface area (Å²) in [5.41, 5.74) is 1.73. The van der Waals surface area contributed by atoms with Crippen molar-refractivity contribution in [2.24, 2.45) is 4.99 Å². The van der Waals surface area contributed by atoms with E-state index in [-0.39, 0.29) is 36.0 Å². The standard InChI is InChI=1S/C22H33N5O3S.HI/c1-7-29-21(28)19-15(2)25-20(31-19)16(3)26-22(23-4)24-14-17-10-8-9-11-18(17)30-13-12-27(5)6;/h8-11,16H,7,12-14H2,1-6H3,(H2,23,24,26);1H. The highest BCUT2D eigenvalue weighted by molar-refractivity contribution is 14.0. The van der Waals surface area contributed by atoms with Crippen LogP contribution in [-0.2, 0) is 11.3 Å². The molecule has 1 heterocycles. The molecule has 10 heteroatoms. The Morgan fingerprint density at radius 3 is 2.69 bits per heavy atom. The number of carbonyl (C=O) groups is 1. The lowest BCUT2D eigenvalue weighted by Gasteiger charge is -2.18. The Hall–Kier alpha value is -1.92. The van der Waals surface area contributed by atoms with Gasteiger partial charge >= 0.3 is 5.97 Å². The molecule has 8 nitrogen and oxygen atoms in total. The number of aryl methyl sites for hydroxylation is 1. The maximum atomic E-state index is 12.1. The fraction of sp³-hybridized carbons (Fsp3) is 0.500. The molecular formula is C22H34IN5O3S. The number of rotatable bonds is 10. The van der Waals surface area contributed by atoms with Crippen LogP contribution in [0.3, 0.4) is 0 Å². The van der Waals surface area contributed by atoms with E-state index < -0.39 is 0 Å². The summed E-state index contributed by atoms with van der Waals surface area (Å²) in [6.45, 7) is 7.98. The minimum atomic E-state index is -0.329. The summed E-state index contributed by atoms with van der Waals surface area (Å²) in [5.74, 6) is 1.17. The van der Waals surface area contributed by atoms with Gasteiger partial charge in [-0.1, -0.05) is 18.2 Å². The number of para-hydroxylation sites is 1. The maximum Gasteiger partial charge on any atom is 0.350 e. The van der Waals surface area contributed by atoms with Crippen LogP contribution in [0.2, 0.25) is 0 Å². The third kappa shape index (κ3) is 8.55. The molecular weight excluding hydrogens is 541 g/mol. The Balaban J connectivity index is 0.00000512. The molecule has 2 N–H and O–H groups in total. The molecule has 0 bridgehead atoms. The Morgan fingerprint density at radius 1 is 1.31 bits per heavy atom. The van der Waals surface area contributed by atoms with Gasteiger partial charge in [0.25, 0.3) is 0 Å². The van der Waals surface area contributed by atoms with Gasteiger partial charge in [0, 0.05) is 25.7 Å². The first-order valence-electron chi connectivity index (χ1n) is 10.3. The molecule has 0 amide bonds. The quantitative estimate of drug-likeness (QED) is 0.194. The zero-order chi connectivity index (χ0) is 22.8. The summed E-state index contributed by atoms with van der Waals surface area (Å²) in [4.78, 5) is 23.5. The Morgan fingerprint density at radius 2 is 2.03 bits per heavy atom. The van der Waals surface area contributed by atoms with Crippen LogP contribution in [0.5, 0.6) is 5.75 Å². The van der Waals surface area contributed by atoms with Crippen LogP contribution in [0.1, 0.15) is 45.8 Å². The van der Waals surface area contributed by atoms with Crippen LogP contribution in [0.4, 0.5) is 0 Å². The fourth-order valence-corrected chi connectivity index (χ4v) is 3.72. The number of halogens is 1. The first-order chi connectivity index (χ1) is 14.8. The molecule has 0 spiro atoms. The summed E-state index contributed by atoms with van der Waals surface area (Å²) in [6, 6.07) is 7.84. The summed E-state index contributed by atoms with van der Waals surface area (Å²) < 4.78 is 11.0. The lowest BCUT2D eigenvalue weighted by Crippen LogP contribution is -2.38. The van der Waals surface area contributed by atoms with Gasteiger partial charge in [0.1, 0.15) is 22.2 Å². The third-order valence-corrected chi connectivity index (χ3v) is 5.76. The van der Waals surface area contributed by atoms with Crippen molar-refractivity contribution in [1.82, 2.24) is 20.5 Å². The average molecular weight is 576 g/mol. The highest BCUT2D eigenvalue weighted by Crippen LogP contribution is 2.24. The first kappa shape index (κ1) is 28.1. The number of guanidine groups is 1. The minimum Gasteiger partial charge on any atom is -0.492 e. The van der Waals surface area contributed by atoms with E-state index >= 15 is 0 Å². The third-order valence-electron chi connectivity index (χ3n) is 4.44. The normalized spacial score (nSPS) is 12.2. The van der Waals surface area contributed by atoms with Crippen LogP contribution < -0.4 is 15.4 Å². The second-order valence-corrected chi connectivity index (χ2v) is 8.27. The molecule has 0 saturated carbocycles. The summed E-state index contributed by atoms with van der Waals surface area (Å²) in [7, 11) is 5.76. The van der Waals surface area contributed by atoms with Crippen LogP contribution in [-0.4, -0.2) is 62.7 Å². The van der Waals surface area contributed by atoms with E-state index in [0.29, 0.717) is 36.3 Å². The Kier molecular flexibility index (Phi) is 12.5. The molecule has 1 aromatic heterocycles. The van der Waals surface area contributed by atoms with Gasteiger partial charge in [-0.2, -0.15) is 0 Å². The highest BCUT2D eigenvalue weighted by Gasteiger charge is 2.20. The van der Waals surface area contributed by atoms with Crippen LogP contribution >= 0.6 is 35.3 Å². The summed E-state index contributed by atoms with van der Waals surface area (Å²) in [5, 5.41) is 7.46. The molecule has 178 valence electrons. The Labute approximate surface area is 211 Å². The number of ether oxygens (including phenoxy) is 2. The predicted octanol–water partition coefficient (Wildman–Crippen LogP) is 3.61. The molecule has 0 saturated heterocycles. The van der Waals surface area contributed by atoms with E-state index in [4.69, 9.17) is 9.47 Å². The van der Waals surface area contributed by atoms with Crippen molar-refractivity contribution < 1.29 is 14.3 Å². The monoisotopic (exact) mass is 575 g/mol. The number of carbonyl (C=O) groups excluding carboxylic acids is 1. The van der Waals surface area contributed by atoms with Crippen molar-refractivity contribution >= 4 is 47.2 Å². The zero-order valence-electron chi connectivity index (χ0n) is 19.6. The number of hydrogen-bond donors (Lipinski definition) is 2. The molecule has 1 aromatic carbocycles. The average Bonchev–Trinajstić information content (AvgIpc) is 3.13. The van der Waals surface area contributed by atoms with Crippen molar-refractivity contribution in [1.29, 1.82) is 0 Å². The van der Waals surface area contributed by atoms with Gasteiger partial charge in [-0.25, -0.2) is 9.78 Å². The molecule has 2 aromatic rings. The maximum absolute atomic E-state index is 12.1.